The molecule has 3 aromatic rings. The zero-order chi connectivity index (χ0) is 28.5. The number of rotatable bonds is 10. The van der Waals surface area contributed by atoms with Crippen LogP contribution < -0.4 is 15.4 Å². The first-order chi connectivity index (χ1) is 19.4. The molecule has 1 atom stereocenters. The number of aliphatic hydroxyl groups is 1. The van der Waals surface area contributed by atoms with Crippen molar-refractivity contribution in [3.8, 4) is 16.9 Å². The SMILES string of the molecule is COc1cc(CO)ccc1NC(=O)CCc1ccc(-c2ccccc2)c(NC(=O)OC2CCCN(I(C)C)C2)c1. The van der Waals surface area contributed by atoms with Crippen molar-refractivity contribution >= 4 is 43.5 Å². The summed E-state index contributed by atoms with van der Waals surface area (Å²) in [5.41, 5.74) is 4.70. The summed E-state index contributed by atoms with van der Waals surface area (Å²) in [5, 5.41) is 15.2. The molecule has 0 saturated carbocycles. The standard InChI is InChI=1S/C31H38IN3O5/c1-32(2)35-17-7-10-25(20-35)40-31(38)34-28-18-22(11-14-26(28)24-8-5-4-6-9-24)13-16-30(37)33-27-15-12-23(21-36)19-29(27)39-3/h4-6,8-9,11-12,14-15,18-19,25,36H,7,10,13,16-17,20-21H2,1-3H3,(H,33,37)(H,34,38). The molecule has 4 rings (SSSR count). The second-order valence-corrected chi connectivity index (χ2v) is 15.3. The van der Waals surface area contributed by atoms with Crippen LogP contribution in [-0.2, 0) is 22.6 Å². The third-order valence-corrected chi connectivity index (χ3v) is 10.5. The summed E-state index contributed by atoms with van der Waals surface area (Å²) in [6, 6.07) is 20.9. The number of anilines is 2. The molecule has 1 aliphatic heterocycles. The first kappa shape index (κ1) is 29.8. The number of nitrogens with one attached hydrogen (secondary N) is 2. The zero-order valence-corrected chi connectivity index (χ0v) is 25.4. The fourth-order valence-corrected chi connectivity index (χ4v) is 7.25. The molecule has 0 aliphatic carbocycles. The number of alkyl halides is 2. The van der Waals surface area contributed by atoms with Gasteiger partial charge in [-0.1, -0.05) is 6.07 Å². The van der Waals surface area contributed by atoms with E-state index in [2.05, 4.69) is 23.6 Å². The molecule has 1 unspecified atom stereocenters. The van der Waals surface area contributed by atoms with E-state index in [1.54, 1.807) is 18.2 Å². The Hall–Kier alpha value is -3.15. The molecule has 9 heteroatoms. The molecule has 0 radical (unpaired) electrons. The Bertz CT molecular complexity index is 1300. The van der Waals surface area contributed by atoms with Gasteiger partial charge in [-0.2, -0.15) is 0 Å². The van der Waals surface area contributed by atoms with E-state index >= 15 is 0 Å². The number of halogens is 1. The molecule has 1 aliphatic rings. The van der Waals surface area contributed by atoms with Gasteiger partial charge in [-0.05, 0) is 17.7 Å². The quantitative estimate of drug-likeness (QED) is 0.138. The topological polar surface area (TPSA) is 100 Å². The van der Waals surface area contributed by atoms with Crippen LogP contribution in [0.15, 0.2) is 66.7 Å². The van der Waals surface area contributed by atoms with Gasteiger partial charge < -0.3 is 15.2 Å². The third-order valence-electron chi connectivity index (χ3n) is 6.85. The summed E-state index contributed by atoms with van der Waals surface area (Å²) < 4.78 is 13.7. The number of carbonyl (C=O) groups excluding carboxylic acids is 2. The van der Waals surface area contributed by atoms with Crippen LogP contribution in [0.5, 0.6) is 5.75 Å². The minimum atomic E-state index is -1.11. The molecule has 2 amide bonds. The van der Waals surface area contributed by atoms with Crippen LogP contribution in [-0.4, -0.2) is 56.4 Å². The van der Waals surface area contributed by atoms with E-state index < -0.39 is 26.2 Å². The molecule has 1 saturated heterocycles. The first-order valence-corrected chi connectivity index (χ1v) is 18.6. The van der Waals surface area contributed by atoms with Gasteiger partial charge in [0.05, 0.1) is 19.4 Å². The van der Waals surface area contributed by atoms with E-state index in [1.165, 1.54) is 7.11 Å². The maximum atomic E-state index is 13.0. The molecule has 8 nitrogen and oxygen atoms in total. The number of carbonyl (C=O) groups is 2. The monoisotopic (exact) mass is 659 g/mol. The molecule has 3 N–H and O–H groups in total. The van der Waals surface area contributed by atoms with Crippen LogP contribution >= 0.6 is 20.1 Å². The summed E-state index contributed by atoms with van der Waals surface area (Å²) in [6.45, 7) is 1.79. The molecule has 0 aromatic heterocycles. The number of methoxy groups -OCH3 is 1. The number of amides is 2. The van der Waals surface area contributed by atoms with E-state index in [-0.39, 0.29) is 25.0 Å². The number of ether oxygens (including phenoxy) is 2. The molecular formula is C31H38IN3O5. The number of benzene rings is 3. The number of nitrogens with zero attached hydrogens (tertiary/aromatic N) is 1. The molecule has 40 heavy (non-hydrogen) atoms. The average Bonchev–Trinajstić information content (AvgIpc) is 2.97. The van der Waals surface area contributed by atoms with Crippen LogP contribution in [0.4, 0.5) is 16.2 Å². The molecule has 3 aromatic carbocycles. The fourth-order valence-electron chi connectivity index (χ4n) is 4.72. The van der Waals surface area contributed by atoms with Gasteiger partial charge in [0.15, 0.2) is 0 Å². The van der Waals surface area contributed by atoms with E-state index in [4.69, 9.17) is 9.47 Å². The fraction of sp³-hybridized carbons (Fsp3) is 0.355. The summed E-state index contributed by atoms with van der Waals surface area (Å²) in [7, 11) is 1.52. The van der Waals surface area contributed by atoms with Gasteiger partial charge >= 0.3 is 176 Å². The second kappa shape index (κ2) is 14.5. The summed E-state index contributed by atoms with van der Waals surface area (Å²) in [4.78, 5) is 30.4. The van der Waals surface area contributed by atoms with Gasteiger partial charge in [0.25, 0.3) is 0 Å². The van der Waals surface area contributed by atoms with E-state index in [0.717, 1.165) is 42.6 Å². The average molecular weight is 660 g/mol. The van der Waals surface area contributed by atoms with Crippen LogP contribution in [0, 0.1) is 0 Å². The van der Waals surface area contributed by atoms with Crippen molar-refractivity contribution in [3.63, 3.8) is 0 Å². The number of hydrogen-bond acceptors (Lipinski definition) is 6. The van der Waals surface area contributed by atoms with Crippen molar-refractivity contribution in [1.29, 1.82) is 0 Å². The zero-order valence-electron chi connectivity index (χ0n) is 23.3. The van der Waals surface area contributed by atoms with Gasteiger partial charge in [0.1, 0.15) is 5.75 Å². The second-order valence-electron chi connectivity index (χ2n) is 9.87. The van der Waals surface area contributed by atoms with E-state index in [1.807, 2.05) is 48.5 Å². The van der Waals surface area contributed by atoms with E-state index in [9.17, 15) is 14.7 Å². The Kier molecular flexibility index (Phi) is 10.8. The Labute approximate surface area is 243 Å². The minimum absolute atomic E-state index is 0.105. The van der Waals surface area contributed by atoms with Gasteiger partial charge in [0.2, 0.25) is 0 Å². The Morgan fingerprint density at radius 2 is 1.77 bits per heavy atom. The number of piperidine rings is 1. The van der Waals surface area contributed by atoms with Crippen molar-refractivity contribution in [2.45, 2.75) is 38.4 Å². The van der Waals surface area contributed by atoms with Crippen molar-refractivity contribution < 1.29 is 24.2 Å². The molecular weight excluding hydrogens is 621 g/mol. The summed E-state index contributed by atoms with van der Waals surface area (Å²) in [5.74, 6) is 0.335. The molecule has 214 valence electrons. The Morgan fingerprint density at radius 3 is 2.50 bits per heavy atom. The predicted octanol–water partition coefficient (Wildman–Crippen LogP) is 6.12. The van der Waals surface area contributed by atoms with Crippen molar-refractivity contribution in [2.24, 2.45) is 0 Å². The van der Waals surface area contributed by atoms with Crippen molar-refractivity contribution in [1.82, 2.24) is 3.11 Å². The van der Waals surface area contributed by atoms with Gasteiger partial charge in [-0.25, -0.2) is 0 Å². The normalized spacial score (nSPS) is 15.7. The van der Waals surface area contributed by atoms with E-state index in [0.29, 0.717) is 29.1 Å². The number of aryl methyl sites for hydroxylation is 1. The number of aliphatic hydroxyl groups excluding tert-OH is 1. The molecule has 1 fully saturated rings. The summed E-state index contributed by atoms with van der Waals surface area (Å²) >= 11 is -1.11. The first-order valence-electron chi connectivity index (χ1n) is 13.3. The summed E-state index contributed by atoms with van der Waals surface area (Å²) in [6.07, 6.45) is 2.09. The predicted molar refractivity (Wildman–Crippen MR) is 168 cm³/mol. The van der Waals surface area contributed by atoms with Gasteiger partial charge in [-0.3, -0.25) is 4.79 Å². The van der Waals surface area contributed by atoms with Gasteiger partial charge in [0, 0.05) is 0 Å². The molecule has 0 bridgehead atoms. The van der Waals surface area contributed by atoms with Crippen molar-refractivity contribution in [3.05, 3.63) is 77.9 Å². The Balaban J connectivity index is 1.44. The van der Waals surface area contributed by atoms with Crippen LogP contribution in [0.3, 0.4) is 0 Å². The van der Waals surface area contributed by atoms with Crippen LogP contribution in [0.25, 0.3) is 11.1 Å². The van der Waals surface area contributed by atoms with Gasteiger partial charge in [-0.15, -0.1) is 0 Å². The number of hydrogen-bond donors (Lipinski definition) is 3. The Morgan fingerprint density at radius 1 is 1.00 bits per heavy atom. The van der Waals surface area contributed by atoms with Crippen LogP contribution in [0.1, 0.15) is 30.4 Å². The van der Waals surface area contributed by atoms with Crippen molar-refractivity contribution in [2.75, 3.05) is 40.7 Å². The molecule has 1 heterocycles. The maximum absolute atomic E-state index is 13.0. The molecule has 0 spiro atoms. The third kappa shape index (κ3) is 8.18. The van der Waals surface area contributed by atoms with Crippen LogP contribution in [0.2, 0.25) is 0 Å².